The van der Waals surface area contributed by atoms with Gasteiger partial charge in [-0.15, -0.1) is 5.10 Å². The summed E-state index contributed by atoms with van der Waals surface area (Å²) < 4.78 is 43.4. The summed E-state index contributed by atoms with van der Waals surface area (Å²) in [5.74, 6) is 0. The number of hydrogen-bond acceptors (Lipinski definition) is 5. The molecule has 4 nitrogen and oxygen atoms in total. The summed E-state index contributed by atoms with van der Waals surface area (Å²) in [6, 6.07) is 0.398. The van der Waals surface area contributed by atoms with Gasteiger partial charge in [0.05, 0.1) is 22.2 Å². The zero-order chi connectivity index (χ0) is 15.5. The molecule has 1 N–H and O–H groups in total. The number of alkyl halides is 3. The summed E-state index contributed by atoms with van der Waals surface area (Å²) in [7, 11) is 0. The standard InChI is InChI=1S/C13H15F3N4S/c1-3-10-12(21-20-19-10)11(18-4-2)8-7-17-6-5-9(8)13(14,15)16/h5-7,11,18H,3-4H2,1-2H3. The van der Waals surface area contributed by atoms with Crippen molar-refractivity contribution in [2.45, 2.75) is 32.5 Å². The predicted octanol–water partition coefficient (Wildman–Crippen LogP) is 3.21. The van der Waals surface area contributed by atoms with Crippen LogP contribution in [0.3, 0.4) is 0 Å². The van der Waals surface area contributed by atoms with Crippen molar-refractivity contribution in [2.75, 3.05) is 6.54 Å². The fourth-order valence-electron chi connectivity index (χ4n) is 2.12. The van der Waals surface area contributed by atoms with Crippen molar-refractivity contribution in [1.82, 2.24) is 19.9 Å². The molecule has 0 spiro atoms. The van der Waals surface area contributed by atoms with Crippen molar-refractivity contribution < 1.29 is 13.2 Å². The molecule has 1 atom stereocenters. The quantitative estimate of drug-likeness (QED) is 0.920. The minimum absolute atomic E-state index is 0.104. The van der Waals surface area contributed by atoms with E-state index in [9.17, 15) is 13.2 Å². The molecule has 0 aromatic carbocycles. The molecule has 0 saturated carbocycles. The van der Waals surface area contributed by atoms with Crippen molar-refractivity contribution in [3.8, 4) is 0 Å². The van der Waals surface area contributed by atoms with Gasteiger partial charge in [-0.2, -0.15) is 13.2 Å². The molecule has 114 valence electrons. The van der Waals surface area contributed by atoms with Crippen LogP contribution in [0.15, 0.2) is 18.5 Å². The van der Waals surface area contributed by atoms with Crippen molar-refractivity contribution >= 4 is 11.5 Å². The van der Waals surface area contributed by atoms with Crippen molar-refractivity contribution in [3.05, 3.63) is 40.2 Å². The summed E-state index contributed by atoms with van der Waals surface area (Å²) in [5.41, 5.74) is 0.134. The molecule has 0 amide bonds. The Morgan fingerprint density at radius 2 is 2.10 bits per heavy atom. The van der Waals surface area contributed by atoms with E-state index in [1.54, 1.807) is 0 Å². The van der Waals surface area contributed by atoms with Crippen molar-refractivity contribution in [3.63, 3.8) is 0 Å². The normalized spacial score (nSPS) is 13.4. The highest BCUT2D eigenvalue weighted by Gasteiger charge is 2.36. The summed E-state index contributed by atoms with van der Waals surface area (Å²) in [6.45, 7) is 4.27. The largest absolute Gasteiger partial charge is 0.416 e. The third-order valence-electron chi connectivity index (χ3n) is 3.06. The number of pyridine rings is 1. The van der Waals surface area contributed by atoms with Gasteiger partial charge < -0.3 is 5.32 Å². The van der Waals surface area contributed by atoms with Gasteiger partial charge in [0.15, 0.2) is 0 Å². The molecule has 0 fully saturated rings. The Morgan fingerprint density at radius 3 is 2.71 bits per heavy atom. The smallest absolute Gasteiger partial charge is 0.306 e. The third kappa shape index (κ3) is 3.38. The molecular weight excluding hydrogens is 301 g/mol. The summed E-state index contributed by atoms with van der Waals surface area (Å²) in [5, 5.41) is 7.06. The number of aryl methyl sites for hydroxylation is 1. The van der Waals surface area contributed by atoms with Crippen molar-refractivity contribution in [2.24, 2.45) is 0 Å². The van der Waals surface area contributed by atoms with E-state index in [2.05, 4.69) is 19.9 Å². The van der Waals surface area contributed by atoms with Crippen LogP contribution in [-0.4, -0.2) is 21.1 Å². The number of aromatic nitrogens is 3. The summed E-state index contributed by atoms with van der Waals surface area (Å²) in [6.07, 6.45) is -1.39. The second-order valence-corrected chi connectivity index (χ2v) is 5.17. The van der Waals surface area contributed by atoms with Crippen LogP contribution < -0.4 is 5.32 Å². The summed E-state index contributed by atoms with van der Waals surface area (Å²) >= 11 is 1.12. The van der Waals surface area contributed by atoms with E-state index in [4.69, 9.17) is 0 Å². The highest BCUT2D eigenvalue weighted by molar-refractivity contribution is 7.05. The maximum Gasteiger partial charge on any atom is 0.416 e. The molecular formula is C13H15F3N4S. The zero-order valence-corrected chi connectivity index (χ0v) is 12.4. The van der Waals surface area contributed by atoms with Gasteiger partial charge in [-0.1, -0.05) is 18.3 Å². The SMILES string of the molecule is CCNC(c1cnccc1C(F)(F)F)c1snnc1CC. The average molecular weight is 316 g/mol. The number of halogens is 3. The van der Waals surface area contributed by atoms with Gasteiger partial charge in [0, 0.05) is 18.0 Å². The molecule has 0 aliphatic rings. The third-order valence-corrected chi connectivity index (χ3v) is 3.89. The van der Waals surface area contributed by atoms with E-state index in [1.807, 2.05) is 13.8 Å². The fourth-order valence-corrected chi connectivity index (χ4v) is 2.96. The van der Waals surface area contributed by atoms with Gasteiger partial charge >= 0.3 is 6.18 Å². The summed E-state index contributed by atoms with van der Waals surface area (Å²) in [4.78, 5) is 4.56. The molecule has 2 aromatic rings. The van der Waals surface area contributed by atoms with Gasteiger partial charge in [-0.05, 0) is 30.6 Å². The molecule has 2 rings (SSSR count). The Morgan fingerprint density at radius 1 is 1.33 bits per heavy atom. The van der Waals surface area contributed by atoms with Crippen molar-refractivity contribution in [1.29, 1.82) is 0 Å². The van der Waals surface area contributed by atoms with Gasteiger partial charge in [0.2, 0.25) is 0 Å². The molecule has 2 heterocycles. The molecule has 0 aliphatic heterocycles. The van der Waals surface area contributed by atoms with Crippen LogP contribution in [0.4, 0.5) is 13.2 Å². The number of rotatable bonds is 5. The maximum absolute atomic E-state index is 13.2. The first-order chi connectivity index (χ1) is 9.99. The van der Waals surface area contributed by atoms with Crippen LogP contribution in [0.5, 0.6) is 0 Å². The van der Waals surface area contributed by atoms with Crippen LogP contribution in [0.2, 0.25) is 0 Å². The lowest BCUT2D eigenvalue weighted by atomic mass is 9.99. The first-order valence-corrected chi connectivity index (χ1v) is 7.32. The molecule has 8 heteroatoms. The van der Waals surface area contributed by atoms with Crippen LogP contribution in [0.25, 0.3) is 0 Å². The van der Waals surface area contributed by atoms with Crippen LogP contribution in [0, 0.1) is 0 Å². The lowest BCUT2D eigenvalue weighted by molar-refractivity contribution is -0.138. The second kappa shape index (κ2) is 6.48. The van der Waals surface area contributed by atoms with Crippen LogP contribution in [0.1, 0.15) is 41.6 Å². The Hall–Kier alpha value is -1.54. The molecule has 0 radical (unpaired) electrons. The Labute approximate surface area is 124 Å². The molecule has 0 aliphatic carbocycles. The molecule has 21 heavy (non-hydrogen) atoms. The van der Waals surface area contributed by atoms with Crippen LogP contribution >= 0.6 is 11.5 Å². The lowest BCUT2D eigenvalue weighted by Crippen LogP contribution is -2.25. The van der Waals surface area contributed by atoms with Gasteiger partial charge in [0.1, 0.15) is 0 Å². The fraction of sp³-hybridized carbons (Fsp3) is 0.462. The van der Waals surface area contributed by atoms with Gasteiger partial charge in [0.25, 0.3) is 0 Å². The van der Waals surface area contributed by atoms with Gasteiger partial charge in [-0.3, -0.25) is 4.98 Å². The Kier molecular flexibility index (Phi) is 4.89. The Balaban J connectivity index is 2.54. The Bertz CT molecular complexity index is 597. The molecule has 2 aromatic heterocycles. The monoisotopic (exact) mass is 316 g/mol. The lowest BCUT2D eigenvalue weighted by Gasteiger charge is -2.21. The highest BCUT2D eigenvalue weighted by atomic mass is 32.1. The predicted molar refractivity (Wildman–Crippen MR) is 74.0 cm³/mol. The van der Waals surface area contributed by atoms with Gasteiger partial charge in [-0.25, -0.2) is 0 Å². The number of nitrogens with zero attached hydrogens (tertiary/aromatic N) is 3. The van der Waals surface area contributed by atoms with Crippen LogP contribution in [-0.2, 0) is 12.6 Å². The van der Waals surface area contributed by atoms with E-state index in [0.717, 1.165) is 23.8 Å². The molecule has 0 saturated heterocycles. The van der Waals surface area contributed by atoms with E-state index in [-0.39, 0.29) is 5.56 Å². The first-order valence-electron chi connectivity index (χ1n) is 6.54. The average Bonchev–Trinajstić information content (AvgIpc) is 2.92. The van der Waals surface area contributed by atoms with E-state index in [0.29, 0.717) is 23.5 Å². The number of nitrogens with one attached hydrogen (secondary N) is 1. The van der Waals surface area contributed by atoms with E-state index >= 15 is 0 Å². The minimum Gasteiger partial charge on any atom is -0.306 e. The van der Waals surface area contributed by atoms with E-state index < -0.39 is 17.8 Å². The highest BCUT2D eigenvalue weighted by Crippen LogP contribution is 2.37. The first kappa shape index (κ1) is 15.8. The maximum atomic E-state index is 13.2. The minimum atomic E-state index is -4.42. The number of hydrogen-bond donors (Lipinski definition) is 1. The topological polar surface area (TPSA) is 50.7 Å². The molecule has 0 bridgehead atoms. The second-order valence-electron chi connectivity index (χ2n) is 4.39. The molecule has 1 unspecified atom stereocenters. The van der Waals surface area contributed by atoms with E-state index in [1.165, 1.54) is 6.20 Å². The zero-order valence-electron chi connectivity index (χ0n) is 11.6.